The Morgan fingerprint density at radius 2 is 2.18 bits per heavy atom. The Balaban J connectivity index is 2.07. The van der Waals surface area contributed by atoms with E-state index in [0.717, 1.165) is 23.9 Å². The topological polar surface area (TPSA) is 91.8 Å². The molecule has 6 nitrogen and oxygen atoms in total. The highest BCUT2D eigenvalue weighted by Crippen LogP contribution is 2.35. The molecular formula is C11H12N4O2. The Morgan fingerprint density at radius 3 is 2.88 bits per heavy atom. The van der Waals surface area contributed by atoms with Gasteiger partial charge in [0, 0.05) is 17.8 Å². The van der Waals surface area contributed by atoms with Gasteiger partial charge in [0.25, 0.3) is 0 Å². The van der Waals surface area contributed by atoms with Crippen LogP contribution >= 0.6 is 0 Å². The van der Waals surface area contributed by atoms with Gasteiger partial charge in [-0.15, -0.1) is 0 Å². The zero-order valence-electron chi connectivity index (χ0n) is 9.18. The van der Waals surface area contributed by atoms with Gasteiger partial charge in [-0.25, -0.2) is 14.8 Å². The van der Waals surface area contributed by atoms with Gasteiger partial charge in [-0.3, -0.25) is 5.10 Å². The third kappa shape index (κ3) is 1.65. The molecule has 2 N–H and O–H groups in total. The van der Waals surface area contributed by atoms with Crippen molar-refractivity contribution in [3.63, 3.8) is 0 Å². The van der Waals surface area contributed by atoms with E-state index in [0.29, 0.717) is 11.6 Å². The number of fused-ring (bicyclic) bond motifs is 1. The second kappa shape index (κ2) is 3.80. The number of aromatic nitrogens is 4. The minimum absolute atomic E-state index is 0.207. The maximum atomic E-state index is 10.7. The van der Waals surface area contributed by atoms with Crippen LogP contribution in [0.25, 0.3) is 11.0 Å². The van der Waals surface area contributed by atoms with Crippen LogP contribution in [0.1, 0.15) is 47.9 Å². The first-order valence-electron chi connectivity index (χ1n) is 5.70. The molecule has 0 aromatic carbocycles. The third-order valence-corrected chi connectivity index (χ3v) is 3.30. The number of hydrogen-bond donors (Lipinski definition) is 2. The van der Waals surface area contributed by atoms with Crippen molar-refractivity contribution >= 4 is 17.0 Å². The Hall–Kier alpha value is -1.98. The molecular weight excluding hydrogens is 220 g/mol. The molecule has 2 aromatic rings. The van der Waals surface area contributed by atoms with Crippen molar-refractivity contribution in [3.8, 4) is 0 Å². The number of carboxylic acid groups (broad SMARTS) is 1. The number of carboxylic acids is 1. The van der Waals surface area contributed by atoms with E-state index in [1.807, 2.05) is 0 Å². The lowest BCUT2D eigenvalue weighted by atomic mass is 10.0. The summed E-state index contributed by atoms with van der Waals surface area (Å²) in [4.78, 5) is 18.5. The number of nitrogens with one attached hydrogen (secondary N) is 1. The van der Waals surface area contributed by atoms with E-state index in [2.05, 4.69) is 20.2 Å². The number of nitrogens with zero attached hydrogens (tertiary/aromatic N) is 3. The molecule has 1 fully saturated rings. The molecule has 0 unspecified atom stereocenters. The SMILES string of the molecule is O=C(O)c1ncc2c(C3CCCC3)[nH]nc2n1. The van der Waals surface area contributed by atoms with Gasteiger partial charge in [0.1, 0.15) is 0 Å². The van der Waals surface area contributed by atoms with E-state index in [1.54, 1.807) is 6.20 Å². The molecule has 3 rings (SSSR count). The van der Waals surface area contributed by atoms with Gasteiger partial charge in [0.05, 0.1) is 5.39 Å². The fraction of sp³-hybridized carbons (Fsp3) is 0.455. The van der Waals surface area contributed by atoms with Crippen molar-refractivity contribution in [1.29, 1.82) is 0 Å². The predicted octanol–water partition coefficient (Wildman–Crippen LogP) is 1.71. The number of aromatic carboxylic acids is 1. The molecule has 0 aliphatic heterocycles. The van der Waals surface area contributed by atoms with Crippen LogP contribution in [-0.4, -0.2) is 31.2 Å². The second-order valence-electron chi connectivity index (χ2n) is 4.35. The molecule has 0 amide bonds. The quantitative estimate of drug-likeness (QED) is 0.822. The lowest BCUT2D eigenvalue weighted by Gasteiger charge is -2.05. The third-order valence-electron chi connectivity index (χ3n) is 3.30. The molecule has 2 aromatic heterocycles. The maximum absolute atomic E-state index is 10.7. The van der Waals surface area contributed by atoms with Crippen LogP contribution in [0.2, 0.25) is 0 Å². The minimum atomic E-state index is -1.13. The second-order valence-corrected chi connectivity index (χ2v) is 4.35. The summed E-state index contributed by atoms with van der Waals surface area (Å²) in [5.74, 6) is -0.849. The summed E-state index contributed by atoms with van der Waals surface area (Å²) in [6.07, 6.45) is 6.33. The van der Waals surface area contributed by atoms with E-state index < -0.39 is 5.97 Å². The van der Waals surface area contributed by atoms with Gasteiger partial charge < -0.3 is 5.11 Å². The van der Waals surface area contributed by atoms with Crippen LogP contribution in [0.5, 0.6) is 0 Å². The fourth-order valence-electron chi connectivity index (χ4n) is 2.45. The normalized spacial score (nSPS) is 16.7. The molecule has 1 saturated carbocycles. The van der Waals surface area contributed by atoms with Crippen molar-refractivity contribution in [1.82, 2.24) is 20.2 Å². The van der Waals surface area contributed by atoms with Crippen molar-refractivity contribution in [2.45, 2.75) is 31.6 Å². The average molecular weight is 232 g/mol. The van der Waals surface area contributed by atoms with Crippen LogP contribution < -0.4 is 0 Å². The Bertz CT molecular complexity index is 572. The molecule has 6 heteroatoms. The average Bonchev–Trinajstić information content (AvgIpc) is 2.96. The zero-order valence-corrected chi connectivity index (χ0v) is 9.18. The highest BCUT2D eigenvalue weighted by molar-refractivity contribution is 5.86. The molecule has 1 aliphatic rings. The first-order chi connectivity index (χ1) is 8.25. The molecule has 88 valence electrons. The number of hydrogen-bond acceptors (Lipinski definition) is 4. The van der Waals surface area contributed by atoms with Crippen molar-refractivity contribution < 1.29 is 9.90 Å². The smallest absolute Gasteiger partial charge is 0.374 e. The van der Waals surface area contributed by atoms with E-state index in [1.165, 1.54) is 12.8 Å². The molecule has 2 heterocycles. The van der Waals surface area contributed by atoms with Gasteiger partial charge >= 0.3 is 5.97 Å². The summed E-state index contributed by atoms with van der Waals surface area (Å²) in [5.41, 5.74) is 1.49. The van der Waals surface area contributed by atoms with Gasteiger partial charge in [-0.1, -0.05) is 12.8 Å². The molecule has 0 saturated heterocycles. The molecule has 17 heavy (non-hydrogen) atoms. The van der Waals surface area contributed by atoms with Crippen molar-refractivity contribution in [2.75, 3.05) is 0 Å². The van der Waals surface area contributed by atoms with Gasteiger partial charge in [-0.2, -0.15) is 5.10 Å². The van der Waals surface area contributed by atoms with Crippen LogP contribution in [-0.2, 0) is 0 Å². The van der Waals surface area contributed by atoms with Gasteiger partial charge in [0.15, 0.2) is 5.65 Å². The Morgan fingerprint density at radius 1 is 1.41 bits per heavy atom. The van der Waals surface area contributed by atoms with Gasteiger partial charge in [0.2, 0.25) is 5.82 Å². The van der Waals surface area contributed by atoms with Crippen molar-refractivity contribution in [2.24, 2.45) is 0 Å². The molecule has 0 radical (unpaired) electrons. The summed E-state index contributed by atoms with van der Waals surface area (Å²) in [7, 11) is 0. The highest BCUT2D eigenvalue weighted by atomic mass is 16.4. The summed E-state index contributed by atoms with van der Waals surface area (Å²) in [6.45, 7) is 0. The maximum Gasteiger partial charge on any atom is 0.374 e. The summed E-state index contributed by atoms with van der Waals surface area (Å²) in [5, 5.41) is 16.7. The summed E-state index contributed by atoms with van der Waals surface area (Å²) in [6, 6.07) is 0. The van der Waals surface area contributed by atoms with E-state index in [4.69, 9.17) is 5.11 Å². The Labute approximate surface area is 97.1 Å². The van der Waals surface area contributed by atoms with Gasteiger partial charge in [-0.05, 0) is 12.8 Å². The summed E-state index contributed by atoms with van der Waals surface area (Å²) >= 11 is 0. The lowest BCUT2D eigenvalue weighted by molar-refractivity contribution is 0.0684. The monoisotopic (exact) mass is 232 g/mol. The van der Waals surface area contributed by atoms with E-state index in [9.17, 15) is 4.79 Å². The number of rotatable bonds is 2. The lowest BCUT2D eigenvalue weighted by Crippen LogP contribution is -2.03. The minimum Gasteiger partial charge on any atom is -0.475 e. The summed E-state index contributed by atoms with van der Waals surface area (Å²) < 4.78 is 0. The van der Waals surface area contributed by atoms with Crippen LogP contribution in [0.4, 0.5) is 0 Å². The molecule has 0 atom stereocenters. The molecule has 0 spiro atoms. The van der Waals surface area contributed by atoms with Crippen molar-refractivity contribution in [3.05, 3.63) is 17.7 Å². The van der Waals surface area contributed by atoms with E-state index >= 15 is 0 Å². The van der Waals surface area contributed by atoms with E-state index in [-0.39, 0.29) is 5.82 Å². The zero-order chi connectivity index (χ0) is 11.8. The van der Waals surface area contributed by atoms with Crippen LogP contribution in [0.15, 0.2) is 6.20 Å². The number of carbonyl (C=O) groups is 1. The van der Waals surface area contributed by atoms with Crippen LogP contribution in [0.3, 0.4) is 0 Å². The first-order valence-corrected chi connectivity index (χ1v) is 5.70. The highest BCUT2D eigenvalue weighted by Gasteiger charge is 2.22. The molecule has 0 bridgehead atoms. The predicted molar refractivity (Wildman–Crippen MR) is 59.9 cm³/mol. The number of aromatic amines is 1. The fourth-order valence-corrected chi connectivity index (χ4v) is 2.45. The first kappa shape index (κ1) is 10.2. The van der Waals surface area contributed by atoms with Crippen LogP contribution in [0, 0.1) is 0 Å². The molecule has 1 aliphatic carbocycles. The number of H-pyrrole nitrogens is 1. The standard InChI is InChI=1S/C11H12N4O2/c16-11(17)10-12-5-7-8(6-3-1-2-4-6)14-15-9(7)13-10/h5-6H,1-4H2,(H,16,17)(H,12,13,14,15). The Kier molecular flexibility index (Phi) is 2.28. The largest absolute Gasteiger partial charge is 0.475 e.